The van der Waals surface area contributed by atoms with E-state index in [1.54, 1.807) is 0 Å². The van der Waals surface area contributed by atoms with E-state index in [2.05, 4.69) is 33.0 Å². The van der Waals surface area contributed by atoms with Gasteiger partial charge in [0.15, 0.2) is 0 Å². The lowest BCUT2D eigenvalue weighted by Crippen LogP contribution is -2.40. The summed E-state index contributed by atoms with van der Waals surface area (Å²) in [4.78, 5) is 0. The average molecular weight is 242 g/mol. The summed E-state index contributed by atoms with van der Waals surface area (Å²) in [6.45, 7) is 12.7. The van der Waals surface area contributed by atoms with Crippen LogP contribution < -0.4 is 11.1 Å². The summed E-state index contributed by atoms with van der Waals surface area (Å²) in [5.41, 5.74) is 6.25. The van der Waals surface area contributed by atoms with E-state index in [1.165, 1.54) is 19.3 Å². The van der Waals surface area contributed by atoms with Crippen molar-refractivity contribution >= 4 is 0 Å². The van der Waals surface area contributed by atoms with Gasteiger partial charge in [-0.2, -0.15) is 0 Å². The maximum absolute atomic E-state index is 5.84. The van der Waals surface area contributed by atoms with Crippen LogP contribution in [0.4, 0.5) is 0 Å². The van der Waals surface area contributed by atoms with Gasteiger partial charge in [0.1, 0.15) is 0 Å². The first-order valence-electron chi connectivity index (χ1n) is 6.89. The quantitative estimate of drug-likeness (QED) is 0.750. The number of nitrogens with one attached hydrogen (secondary N) is 1. The molecule has 0 aromatic carbocycles. The molecule has 1 saturated heterocycles. The van der Waals surface area contributed by atoms with Crippen molar-refractivity contribution in [3.8, 4) is 0 Å². The van der Waals surface area contributed by atoms with Crippen LogP contribution in [0, 0.1) is 11.3 Å². The van der Waals surface area contributed by atoms with Crippen LogP contribution in [0.3, 0.4) is 0 Å². The van der Waals surface area contributed by atoms with Gasteiger partial charge in [-0.1, -0.05) is 20.8 Å². The second-order valence-corrected chi connectivity index (χ2v) is 6.90. The highest BCUT2D eigenvalue weighted by Gasteiger charge is 2.29. The van der Waals surface area contributed by atoms with Gasteiger partial charge in [0.2, 0.25) is 0 Å². The average Bonchev–Trinajstić information content (AvgIpc) is 2.62. The van der Waals surface area contributed by atoms with Crippen molar-refractivity contribution in [2.45, 2.75) is 52.6 Å². The molecule has 0 spiro atoms. The van der Waals surface area contributed by atoms with Crippen LogP contribution in [-0.4, -0.2) is 31.8 Å². The highest BCUT2D eigenvalue weighted by atomic mass is 16.5. The summed E-state index contributed by atoms with van der Waals surface area (Å²) < 4.78 is 5.76. The first kappa shape index (κ1) is 14.9. The van der Waals surface area contributed by atoms with Crippen LogP contribution >= 0.6 is 0 Å². The van der Waals surface area contributed by atoms with Crippen molar-refractivity contribution in [2.75, 3.05) is 26.2 Å². The molecule has 1 rings (SSSR count). The zero-order chi connectivity index (χ0) is 12.9. The molecular formula is C14H30N2O. The van der Waals surface area contributed by atoms with Crippen molar-refractivity contribution in [3.63, 3.8) is 0 Å². The molecule has 0 aliphatic carbocycles. The van der Waals surface area contributed by atoms with Crippen molar-refractivity contribution in [2.24, 2.45) is 17.1 Å². The van der Waals surface area contributed by atoms with E-state index in [1.807, 2.05) is 0 Å². The Balaban J connectivity index is 2.23. The number of hydrogen-bond donors (Lipinski definition) is 2. The maximum atomic E-state index is 5.84. The molecule has 102 valence electrons. The summed E-state index contributed by atoms with van der Waals surface area (Å²) >= 11 is 0. The number of ether oxygens (including phenoxy) is 1. The van der Waals surface area contributed by atoms with E-state index in [9.17, 15) is 0 Å². The largest absolute Gasteiger partial charge is 0.374 e. The first-order chi connectivity index (χ1) is 7.85. The molecule has 0 aromatic heterocycles. The van der Waals surface area contributed by atoms with Crippen molar-refractivity contribution < 1.29 is 4.74 Å². The minimum Gasteiger partial charge on any atom is -0.374 e. The van der Waals surface area contributed by atoms with Crippen LogP contribution in [-0.2, 0) is 4.74 Å². The maximum Gasteiger partial charge on any atom is 0.0779 e. The highest BCUT2D eigenvalue weighted by molar-refractivity contribution is 4.83. The minimum absolute atomic E-state index is 0.0564. The van der Waals surface area contributed by atoms with Gasteiger partial charge in [-0.15, -0.1) is 0 Å². The third-order valence-electron chi connectivity index (χ3n) is 3.47. The first-order valence-corrected chi connectivity index (χ1v) is 6.89. The Bertz CT molecular complexity index is 217. The standard InChI is InChI=1S/C14H30N2O/c1-13(2,3)8-12(9-15)10-16-11-14(4)6-5-7-17-14/h12,16H,5-11,15H2,1-4H3. The predicted molar refractivity (Wildman–Crippen MR) is 73.1 cm³/mol. The molecule has 0 aromatic rings. The Kier molecular flexibility index (Phi) is 5.42. The Morgan fingerprint density at radius 1 is 1.41 bits per heavy atom. The molecule has 0 saturated carbocycles. The van der Waals surface area contributed by atoms with Crippen LogP contribution in [0.15, 0.2) is 0 Å². The molecule has 3 N–H and O–H groups in total. The van der Waals surface area contributed by atoms with Gasteiger partial charge in [-0.25, -0.2) is 0 Å². The van der Waals surface area contributed by atoms with Crippen molar-refractivity contribution in [3.05, 3.63) is 0 Å². The van der Waals surface area contributed by atoms with E-state index in [4.69, 9.17) is 10.5 Å². The van der Waals surface area contributed by atoms with Gasteiger partial charge in [0, 0.05) is 13.2 Å². The van der Waals surface area contributed by atoms with Gasteiger partial charge in [0.05, 0.1) is 5.60 Å². The Labute approximate surface area is 106 Å². The topological polar surface area (TPSA) is 47.3 Å². The molecule has 1 aliphatic rings. The number of hydrogen-bond acceptors (Lipinski definition) is 3. The van der Waals surface area contributed by atoms with Crippen molar-refractivity contribution in [1.82, 2.24) is 5.32 Å². The molecule has 1 fully saturated rings. The molecule has 1 aliphatic heterocycles. The van der Waals surface area contributed by atoms with Gasteiger partial charge in [0.25, 0.3) is 0 Å². The normalized spacial score (nSPS) is 27.4. The summed E-state index contributed by atoms with van der Waals surface area (Å²) in [5, 5.41) is 3.54. The highest BCUT2D eigenvalue weighted by Crippen LogP contribution is 2.25. The van der Waals surface area contributed by atoms with Crippen molar-refractivity contribution in [1.29, 1.82) is 0 Å². The number of nitrogens with two attached hydrogens (primary N) is 1. The fraction of sp³-hybridized carbons (Fsp3) is 1.00. The summed E-state index contributed by atoms with van der Waals surface area (Å²) in [5.74, 6) is 0.569. The molecule has 2 atom stereocenters. The molecule has 2 unspecified atom stereocenters. The van der Waals surface area contributed by atoms with E-state index in [0.717, 1.165) is 26.2 Å². The monoisotopic (exact) mass is 242 g/mol. The van der Waals surface area contributed by atoms with E-state index >= 15 is 0 Å². The Hall–Kier alpha value is -0.120. The van der Waals surface area contributed by atoms with E-state index in [0.29, 0.717) is 11.3 Å². The summed E-state index contributed by atoms with van der Waals surface area (Å²) in [7, 11) is 0. The molecule has 3 nitrogen and oxygen atoms in total. The number of rotatable bonds is 6. The van der Waals surface area contributed by atoms with Crippen LogP contribution in [0.25, 0.3) is 0 Å². The van der Waals surface area contributed by atoms with Gasteiger partial charge >= 0.3 is 0 Å². The minimum atomic E-state index is 0.0564. The molecular weight excluding hydrogens is 212 g/mol. The molecule has 17 heavy (non-hydrogen) atoms. The smallest absolute Gasteiger partial charge is 0.0779 e. The zero-order valence-electron chi connectivity index (χ0n) is 12.0. The second kappa shape index (κ2) is 6.17. The predicted octanol–water partition coefficient (Wildman–Crippen LogP) is 2.16. The Morgan fingerprint density at radius 3 is 2.59 bits per heavy atom. The lowest BCUT2D eigenvalue weighted by atomic mass is 9.84. The van der Waals surface area contributed by atoms with Crippen LogP contribution in [0.5, 0.6) is 0 Å². The third-order valence-corrected chi connectivity index (χ3v) is 3.47. The molecule has 0 bridgehead atoms. The summed E-state index contributed by atoms with van der Waals surface area (Å²) in [6.07, 6.45) is 3.54. The van der Waals surface area contributed by atoms with Gasteiger partial charge in [-0.05, 0) is 50.6 Å². The van der Waals surface area contributed by atoms with Gasteiger partial charge in [-0.3, -0.25) is 0 Å². The van der Waals surface area contributed by atoms with E-state index < -0.39 is 0 Å². The van der Waals surface area contributed by atoms with Crippen LogP contribution in [0.2, 0.25) is 0 Å². The summed E-state index contributed by atoms with van der Waals surface area (Å²) in [6, 6.07) is 0. The van der Waals surface area contributed by atoms with Crippen LogP contribution in [0.1, 0.15) is 47.0 Å². The zero-order valence-corrected chi connectivity index (χ0v) is 12.0. The second-order valence-electron chi connectivity index (χ2n) is 6.90. The lowest BCUT2D eigenvalue weighted by molar-refractivity contribution is 0.0201. The Morgan fingerprint density at radius 2 is 2.12 bits per heavy atom. The third kappa shape index (κ3) is 5.84. The van der Waals surface area contributed by atoms with Gasteiger partial charge < -0.3 is 15.8 Å². The fourth-order valence-corrected chi connectivity index (χ4v) is 2.62. The van der Waals surface area contributed by atoms with E-state index in [-0.39, 0.29) is 5.60 Å². The molecule has 0 amide bonds. The SMILES string of the molecule is CC(C)(C)CC(CN)CNCC1(C)CCCO1. The molecule has 3 heteroatoms. The molecule has 1 heterocycles. The fourth-order valence-electron chi connectivity index (χ4n) is 2.62. The lowest BCUT2D eigenvalue weighted by Gasteiger charge is -2.28. The molecule has 0 radical (unpaired) electrons.